The van der Waals surface area contributed by atoms with E-state index in [2.05, 4.69) is 20.7 Å². The topological polar surface area (TPSA) is 55.4 Å². The third-order valence-corrected chi connectivity index (χ3v) is 6.17. The van der Waals surface area contributed by atoms with Crippen molar-refractivity contribution in [1.82, 2.24) is 0 Å². The molecule has 4 nitrogen and oxygen atoms in total. The molecule has 0 fully saturated rings. The normalized spacial score (nSPS) is 11.5. The molecule has 0 saturated carbocycles. The van der Waals surface area contributed by atoms with E-state index in [0.29, 0.717) is 18.0 Å². The molecule has 1 N–H and O–H groups in total. The van der Waals surface area contributed by atoms with E-state index in [0.717, 1.165) is 43.8 Å². The Labute approximate surface area is 191 Å². The van der Waals surface area contributed by atoms with Crippen LogP contribution in [0.5, 0.6) is 5.75 Å². The van der Waals surface area contributed by atoms with Crippen LogP contribution in [-0.2, 0) is 16.6 Å². The van der Waals surface area contributed by atoms with E-state index in [1.54, 1.807) is 0 Å². The second-order valence-electron chi connectivity index (χ2n) is 7.47. The van der Waals surface area contributed by atoms with Crippen molar-refractivity contribution in [3.05, 3.63) is 94.5 Å². The van der Waals surface area contributed by atoms with Gasteiger partial charge < -0.3 is 4.74 Å². The van der Waals surface area contributed by atoms with E-state index >= 15 is 0 Å². The van der Waals surface area contributed by atoms with Gasteiger partial charge in [0.05, 0.1) is 11.9 Å². The van der Waals surface area contributed by atoms with Crippen molar-refractivity contribution in [1.29, 1.82) is 0 Å². The van der Waals surface area contributed by atoms with E-state index in [4.69, 9.17) is 4.74 Å². The lowest BCUT2D eigenvalue weighted by molar-refractivity contribution is 0.307. The molecule has 0 unspecified atom stereocenters. The maximum Gasteiger partial charge on any atom is 0.229 e. The van der Waals surface area contributed by atoms with Gasteiger partial charge in [-0.15, -0.1) is 0 Å². The van der Waals surface area contributed by atoms with Crippen molar-refractivity contribution >= 4 is 42.4 Å². The van der Waals surface area contributed by atoms with Crippen LogP contribution in [-0.4, -0.2) is 14.7 Å². The number of hydrogen-bond acceptors (Lipinski definition) is 3. The molecule has 0 amide bonds. The Hall–Kier alpha value is -2.83. The Kier molecular flexibility index (Phi) is 6.03. The summed E-state index contributed by atoms with van der Waals surface area (Å²) >= 11 is 3.66. The summed E-state index contributed by atoms with van der Waals surface area (Å²) < 4.78 is 34.2. The molecule has 4 aromatic carbocycles. The Morgan fingerprint density at radius 2 is 1.55 bits per heavy atom. The molecular weight excluding hydrogens is 474 g/mol. The zero-order chi connectivity index (χ0) is 22.0. The molecule has 0 atom stereocenters. The molecule has 0 aliphatic rings. The van der Waals surface area contributed by atoms with Crippen LogP contribution in [0.1, 0.15) is 11.1 Å². The van der Waals surface area contributed by atoms with Crippen molar-refractivity contribution in [2.75, 3.05) is 11.0 Å². The van der Waals surface area contributed by atoms with Crippen LogP contribution in [0.3, 0.4) is 0 Å². The molecule has 0 radical (unpaired) electrons. The van der Waals surface area contributed by atoms with Gasteiger partial charge in [-0.2, -0.15) is 0 Å². The van der Waals surface area contributed by atoms with Crippen molar-refractivity contribution in [2.24, 2.45) is 0 Å². The highest BCUT2D eigenvalue weighted by Gasteiger charge is 2.18. The van der Waals surface area contributed by atoms with Crippen molar-refractivity contribution in [3.8, 4) is 16.9 Å². The molecule has 0 bridgehead atoms. The van der Waals surface area contributed by atoms with Gasteiger partial charge in [0.15, 0.2) is 0 Å². The largest absolute Gasteiger partial charge is 0.488 e. The summed E-state index contributed by atoms with van der Waals surface area (Å²) in [5.74, 6) is 0.688. The standard InChI is InChI=1S/C25H22BrNO3S/c1-17-12-13-24(30-16-18-8-4-3-5-9-18)21(14-17)22-15-23(26)19-10-6-7-11-20(19)25(22)27-31(2,28)29/h3-15,27H,16H2,1-2H3. The second-order valence-corrected chi connectivity index (χ2v) is 10.1. The number of benzene rings is 4. The van der Waals surface area contributed by atoms with Gasteiger partial charge in [-0.05, 0) is 36.1 Å². The van der Waals surface area contributed by atoms with E-state index in [1.165, 1.54) is 0 Å². The molecule has 6 heteroatoms. The van der Waals surface area contributed by atoms with E-state index < -0.39 is 10.0 Å². The summed E-state index contributed by atoms with van der Waals surface area (Å²) in [4.78, 5) is 0. The Morgan fingerprint density at radius 1 is 0.871 bits per heavy atom. The van der Waals surface area contributed by atoms with Crippen molar-refractivity contribution < 1.29 is 13.2 Å². The third-order valence-electron chi connectivity index (χ3n) is 4.94. The zero-order valence-electron chi connectivity index (χ0n) is 17.2. The van der Waals surface area contributed by atoms with Crippen LogP contribution >= 0.6 is 15.9 Å². The summed E-state index contributed by atoms with van der Waals surface area (Å²) in [6.07, 6.45) is 1.16. The Bertz CT molecular complexity index is 1350. The Balaban J connectivity index is 1.90. The van der Waals surface area contributed by atoms with Crippen molar-refractivity contribution in [3.63, 3.8) is 0 Å². The first kappa shape index (κ1) is 21.4. The number of anilines is 1. The van der Waals surface area contributed by atoms with Gasteiger partial charge in [0.2, 0.25) is 10.0 Å². The molecular formula is C25H22BrNO3S. The summed E-state index contributed by atoms with van der Waals surface area (Å²) in [6.45, 7) is 2.42. The maximum absolute atomic E-state index is 12.2. The molecule has 0 saturated heterocycles. The van der Waals surface area contributed by atoms with Gasteiger partial charge in [-0.25, -0.2) is 8.42 Å². The van der Waals surface area contributed by atoms with Crippen LogP contribution in [0.15, 0.2) is 83.3 Å². The molecule has 4 aromatic rings. The van der Waals surface area contributed by atoms with Gasteiger partial charge in [0, 0.05) is 21.0 Å². The minimum Gasteiger partial charge on any atom is -0.488 e. The number of sulfonamides is 1. The number of halogens is 1. The first-order valence-corrected chi connectivity index (χ1v) is 12.5. The van der Waals surface area contributed by atoms with Crippen LogP contribution in [0, 0.1) is 6.92 Å². The summed E-state index contributed by atoms with van der Waals surface area (Å²) in [5, 5.41) is 1.74. The average molecular weight is 496 g/mol. The highest BCUT2D eigenvalue weighted by Crippen LogP contribution is 2.43. The predicted octanol–water partition coefficient (Wildman–Crippen LogP) is 6.53. The van der Waals surface area contributed by atoms with Gasteiger partial charge >= 0.3 is 0 Å². The fourth-order valence-corrected chi connectivity index (χ4v) is 4.72. The van der Waals surface area contributed by atoms with E-state index in [9.17, 15) is 8.42 Å². The van der Waals surface area contributed by atoms with Gasteiger partial charge in [0.25, 0.3) is 0 Å². The fraction of sp³-hybridized carbons (Fsp3) is 0.120. The number of fused-ring (bicyclic) bond motifs is 1. The van der Waals surface area contributed by atoms with Gasteiger partial charge in [-0.1, -0.05) is 82.2 Å². The molecule has 0 spiro atoms. The molecule has 158 valence electrons. The molecule has 0 aliphatic heterocycles. The summed E-state index contributed by atoms with van der Waals surface area (Å²) in [5.41, 5.74) is 4.23. The molecule has 0 aliphatic carbocycles. The van der Waals surface area contributed by atoms with Crippen LogP contribution < -0.4 is 9.46 Å². The number of aryl methyl sites for hydroxylation is 1. The van der Waals surface area contributed by atoms with Crippen molar-refractivity contribution in [2.45, 2.75) is 13.5 Å². The first-order chi connectivity index (χ1) is 14.8. The lowest BCUT2D eigenvalue weighted by Crippen LogP contribution is -2.11. The Morgan fingerprint density at radius 3 is 2.26 bits per heavy atom. The SMILES string of the molecule is Cc1ccc(OCc2ccccc2)c(-c2cc(Br)c3ccccc3c2NS(C)(=O)=O)c1. The van der Waals surface area contributed by atoms with E-state index in [1.807, 2.05) is 85.8 Å². The zero-order valence-corrected chi connectivity index (χ0v) is 19.6. The quantitative estimate of drug-likeness (QED) is 0.330. The summed E-state index contributed by atoms with van der Waals surface area (Å²) in [6, 6.07) is 25.5. The van der Waals surface area contributed by atoms with Gasteiger partial charge in [-0.3, -0.25) is 4.72 Å². The highest BCUT2D eigenvalue weighted by atomic mass is 79.9. The number of hydrogen-bond donors (Lipinski definition) is 1. The number of ether oxygens (including phenoxy) is 1. The highest BCUT2D eigenvalue weighted by molar-refractivity contribution is 9.10. The second kappa shape index (κ2) is 8.73. The molecule has 0 heterocycles. The lowest BCUT2D eigenvalue weighted by atomic mass is 9.96. The average Bonchev–Trinajstić information content (AvgIpc) is 2.75. The van der Waals surface area contributed by atoms with Crippen LogP contribution in [0.2, 0.25) is 0 Å². The number of nitrogens with one attached hydrogen (secondary N) is 1. The monoisotopic (exact) mass is 495 g/mol. The predicted molar refractivity (Wildman–Crippen MR) is 131 cm³/mol. The van der Waals surface area contributed by atoms with Crippen LogP contribution in [0.4, 0.5) is 5.69 Å². The fourth-order valence-electron chi connectivity index (χ4n) is 3.55. The first-order valence-electron chi connectivity index (χ1n) is 9.78. The minimum atomic E-state index is -3.50. The summed E-state index contributed by atoms with van der Waals surface area (Å²) in [7, 11) is -3.50. The number of rotatable bonds is 6. The molecule has 0 aromatic heterocycles. The van der Waals surface area contributed by atoms with Gasteiger partial charge in [0.1, 0.15) is 12.4 Å². The molecule has 31 heavy (non-hydrogen) atoms. The van der Waals surface area contributed by atoms with E-state index in [-0.39, 0.29) is 0 Å². The molecule has 4 rings (SSSR count). The van der Waals surface area contributed by atoms with Crippen LogP contribution in [0.25, 0.3) is 21.9 Å². The lowest BCUT2D eigenvalue weighted by Gasteiger charge is -2.19. The minimum absolute atomic E-state index is 0.417. The smallest absolute Gasteiger partial charge is 0.229 e. The maximum atomic E-state index is 12.2. The third kappa shape index (κ3) is 4.92.